The molecule has 2 N–H and O–H groups in total. The topological polar surface area (TPSA) is 92.7 Å². The molecule has 2 atom stereocenters. The van der Waals surface area contributed by atoms with Gasteiger partial charge < -0.3 is 15.2 Å². The van der Waals surface area contributed by atoms with Gasteiger partial charge in [0.2, 0.25) is 5.91 Å². The molecule has 116 valence electrons. The van der Waals surface area contributed by atoms with Gasteiger partial charge in [0.25, 0.3) is 0 Å². The third-order valence-corrected chi connectivity index (χ3v) is 4.12. The number of carboxylic acids is 1. The minimum Gasteiger partial charge on any atom is -0.496 e. The van der Waals surface area contributed by atoms with Crippen molar-refractivity contribution in [1.29, 1.82) is 0 Å². The van der Waals surface area contributed by atoms with Crippen molar-refractivity contribution in [3.05, 3.63) is 29.3 Å². The molecule has 1 amide bonds. The molecule has 0 aliphatic carbocycles. The summed E-state index contributed by atoms with van der Waals surface area (Å²) in [6.45, 7) is 3.13. The van der Waals surface area contributed by atoms with Crippen LogP contribution in [0.4, 0.5) is 0 Å². The number of nitrogens with one attached hydrogen (secondary N) is 1. The predicted molar refractivity (Wildman–Crippen MR) is 79.7 cm³/mol. The molecule has 0 saturated carbocycles. The number of hydrogen-bond acceptors (Lipinski definition) is 4. The average molecular weight is 313 g/mol. The quantitative estimate of drug-likeness (QED) is 0.778. The summed E-state index contributed by atoms with van der Waals surface area (Å²) in [6.07, 6.45) is 0. The van der Waals surface area contributed by atoms with E-state index in [-0.39, 0.29) is 11.5 Å². The fourth-order valence-corrected chi connectivity index (χ4v) is 3.15. The second kappa shape index (κ2) is 7.78. The molecule has 1 aromatic carbocycles. The molecule has 0 radical (unpaired) electrons. The molecule has 0 heterocycles. The van der Waals surface area contributed by atoms with Crippen LogP contribution in [0, 0.1) is 6.92 Å². The zero-order valence-corrected chi connectivity index (χ0v) is 13.0. The van der Waals surface area contributed by atoms with Crippen LogP contribution < -0.4 is 10.1 Å². The van der Waals surface area contributed by atoms with Gasteiger partial charge in [-0.3, -0.25) is 9.00 Å². The standard InChI is InChI=1S/C14H19NO5S/c1-9-4-5-13(20-3)11(6-9)7-21(19)8-12(14(17)18)15-10(2)16/h4-6,12H,7-8H2,1-3H3,(H,15,16)(H,17,18)/t12-,21?/m0/s1. The Morgan fingerprint density at radius 1 is 1.43 bits per heavy atom. The molecule has 0 bridgehead atoms. The molecule has 21 heavy (non-hydrogen) atoms. The van der Waals surface area contributed by atoms with Gasteiger partial charge in [-0.15, -0.1) is 0 Å². The van der Waals surface area contributed by atoms with Crippen molar-refractivity contribution < 1.29 is 23.6 Å². The molecule has 0 aromatic heterocycles. The molecule has 0 spiro atoms. The van der Waals surface area contributed by atoms with Crippen LogP contribution in [0.1, 0.15) is 18.1 Å². The number of amides is 1. The zero-order chi connectivity index (χ0) is 16.0. The Morgan fingerprint density at radius 2 is 2.10 bits per heavy atom. The van der Waals surface area contributed by atoms with Gasteiger partial charge in [-0.1, -0.05) is 17.7 Å². The minimum absolute atomic E-state index is 0.147. The van der Waals surface area contributed by atoms with Gasteiger partial charge in [-0.25, -0.2) is 4.79 Å². The molecule has 0 aliphatic rings. The van der Waals surface area contributed by atoms with Crippen molar-refractivity contribution in [2.45, 2.75) is 25.6 Å². The molecular formula is C14H19NO5S. The Bertz CT molecular complexity index is 558. The Morgan fingerprint density at radius 3 is 2.62 bits per heavy atom. The predicted octanol–water partition coefficient (Wildman–Crippen LogP) is 0.842. The van der Waals surface area contributed by atoms with E-state index in [1.807, 2.05) is 19.1 Å². The zero-order valence-electron chi connectivity index (χ0n) is 12.2. The Balaban J connectivity index is 2.78. The molecule has 1 rings (SSSR count). The first-order valence-corrected chi connectivity index (χ1v) is 7.80. The highest BCUT2D eigenvalue weighted by Crippen LogP contribution is 2.21. The van der Waals surface area contributed by atoms with Crippen LogP contribution in [0.2, 0.25) is 0 Å². The summed E-state index contributed by atoms with van der Waals surface area (Å²) in [5.41, 5.74) is 1.75. The van der Waals surface area contributed by atoms with E-state index in [9.17, 15) is 13.8 Å². The molecule has 0 fully saturated rings. The van der Waals surface area contributed by atoms with Crippen LogP contribution in [0.3, 0.4) is 0 Å². The van der Waals surface area contributed by atoms with E-state index in [2.05, 4.69) is 5.32 Å². The fraction of sp³-hybridized carbons (Fsp3) is 0.429. The van der Waals surface area contributed by atoms with E-state index in [4.69, 9.17) is 9.84 Å². The second-order valence-corrected chi connectivity index (χ2v) is 6.16. The minimum atomic E-state index is -1.43. The summed E-state index contributed by atoms with van der Waals surface area (Å²) < 4.78 is 17.3. The Labute approximate surface area is 126 Å². The fourth-order valence-electron chi connectivity index (χ4n) is 1.86. The number of hydrogen-bond donors (Lipinski definition) is 2. The monoisotopic (exact) mass is 313 g/mol. The van der Waals surface area contributed by atoms with Crippen molar-refractivity contribution in [2.24, 2.45) is 0 Å². The highest BCUT2D eigenvalue weighted by molar-refractivity contribution is 7.84. The number of ether oxygens (including phenoxy) is 1. The van der Waals surface area contributed by atoms with Crippen molar-refractivity contribution in [3.8, 4) is 5.75 Å². The number of carbonyl (C=O) groups excluding carboxylic acids is 1. The maximum Gasteiger partial charge on any atom is 0.327 e. The van der Waals surface area contributed by atoms with E-state index in [1.165, 1.54) is 14.0 Å². The third-order valence-electron chi connectivity index (χ3n) is 2.78. The first kappa shape index (κ1) is 17.2. The van der Waals surface area contributed by atoms with E-state index in [0.29, 0.717) is 5.75 Å². The van der Waals surface area contributed by atoms with Crippen molar-refractivity contribution in [1.82, 2.24) is 5.32 Å². The summed E-state index contributed by atoms with van der Waals surface area (Å²) in [6, 6.07) is 4.36. The normalized spacial score (nSPS) is 13.3. The van der Waals surface area contributed by atoms with Gasteiger partial charge in [-0.2, -0.15) is 0 Å². The smallest absolute Gasteiger partial charge is 0.327 e. The highest BCUT2D eigenvalue weighted by Gasteiger charge is 2.22. The van der Waals surface area contributed by atoms with Crippen molar-refractivity contribution >= 4 is 22.7 Å². The van der Waals surface area contributed by atoms with Crippen molar-refractivity contribution in [3.63, 3.8) is 0 Å². The summed E-state index contributed by atoms with van der Waals surface area (Å²) in [4.78, 5) is 22.0. The Hall–Kier alpha value is -1.89. The van der Waals surface area contributed by atoms with Crippen LogP contribution in [0.25, 0.3) is 0 Å². The molecule has 6 nitrogen and oxygen atoms in total. The summed E-state index contributed by atoms with van der Waals surface area (Å²) in [5.74, 6) is -1.03. The number of methoxy groups -OCH3 is 1. The van der Waals surface area contributed by atoms with Crippen LogP contribution >= 0.6 is 0 Å². The molecule has 0 aliphatic heterocycles. The number of benzene rings is 1. The van der Waals surface area contributed by atoms with Gasteiger partial charge in [0.1, 0.15) is 11.8 Å². The van der Waals surface area contributed by atoms with Gasteiger partial charge in [0.05, 0.1) is 18.6 Å². The molecule has 1 unspecified atom stereocenters. The summed E-state index contributed by atoms with van der Waals surface area (Å²) >= 11 is 0. The van der Waals surface area contributed by atoms with Crippen LogP contribution in [0.15, 0.2) is 18.2 Å². The lowest BCUT2D eigenvalue weighted by atomic mass is 10.1. The summed E-state index contributed by atoms with van der Waals surface area (Å²) in [7, 11) is 0.0885. The number of aliphatic carboxylic acids is 1. The van der Waals surface area contributed by atoms with E-state index < -0.39 is 28.7 Å². The number of aryl methyl sites for hydroxylation is 1. The maximum atomic E-state index is 12.1. The van der Waals surface area contributed by atoms with Crippen molar-refractivity contribution in [2.75, 3.05) is 12.9 Å². The molecule has 0 saturated heterocycles. The number of carbonyl (C=O) groups is 2. The highest BCUT2D eigenvalue weighted by atomic mass is 32.2. The number of carboxylic acid groups (broad SMARTS) is 1. The molecular weight excluding hydrogens is 294 g/mol. The van der Waals surface area contributed by atoms with Gasteiger partial charge in [0, 0.05) is 23.3 Å². The van der Waals surface area contributed by atoms with Gasteiger partial charge in [0.15, 0.2) is 0 Å². The molecule has 7 heteroatoms. The Kier molecular flexibility index (Phi) is 6.36. The number of rotatable bonds is 7. The lowest BCUT2D eigenvalue weighted by Gasteiger charge is -2.14. The van der Waals surface area contributed by atoms with E-state index in [1.54, 1.807) is 6.07 Å². The largest absolute Gasteiger partial charge is 0.496 e. The lowest BCUT2D eigenvalue weighted by Crippen LogP contribution is -2.43. The van der Waals surface area contributed by atoms with Crippen LogP contribution in [-0.4, -0.2) is 40.1 Å². The van der Waals surface area contributed by atoms with Crippen LogP contribution in [0.5, 0.6) is 5.75 Å². The van der Waals surface area contributed by atoms with Gasteiger partial charge >= 0.3 is 5.97 Å². The summed E-state index contributed by atoms with van der Waals surface area (Å²) in [5, 5.41) is 11.3. The lowest BCUT2D eigenvalue weighted by molar-refractivity contribution is -0.140. The molecule has 1 aromatic rings. The van der Waals surface area contributed by atoms with Crippen LogP contribution in [-0.2, 0) is 26.1 Å². The van der Waals surface area contributed by atoms with Gasteiger partial charge in [-0.05, 0) is 13.0 Å². The van der Waals surface area contributed by atoms with E-state index in [0.717, 1.165) is 11.1 Å². The maximum absolute atomic E-state index is 12.1. The van der Waals surface area contributed by atoms with E-state index >= 15 is 0 Å². The first-order chi connectivity index (χ1) is 9.83. The SMILES string of the molecule is COc1ccc(C)cc1CS(=O)C[C@H](NC(C)=O)C(=O)O. The third kappa shape index (κ3) is 5.55. The average Bonchev–Trinajstić information content (AvgIpc) is 2.37. The first-order valence-electron chi connectivity index (χ1n) is 6.32. The second-order valence-electron chi connectivity index (χ2n) is 4.66.